The molecule has 0 N–H and O–H groups in total. The summed E-state index contributed by atoms with van der Waals surface area (Å²) in [5.41, 5.74) is 3.02. The van der Waals surface area contributed by atoms with Crippen molar-refractivity contribution in [2.45, 2.75) is 38.0 Å². The Bertz CT molecular complexity index is 529. The molecule has 0 saturated carbocycles. The first kappa shape index (κ1) is 14.7. The number of hydrogen-bond acceptors (Lipinski definition) is 0. The third-order valence-electron chi connectivity index (χ3n) is 3.54. The Labute approximate surface area is 124 Å². The van der Waals surface area contributed by atoms with E-state index >= 15 is 0 Å². The van der Waals surface area contributed by atoms with E-state index in [1.54, 1.807) is 7.02 Å². The molecule has 2 aromatic rings. The van der Waals surface area contributed by atoms with Crippen molar-refractivity contribution in [3.63, 3.8) is 0 Å². The van der Waals surface area contributed by atoms with E-state index in [2.05, 4.69) is 81.1 Å². The molecule has 0 aromatic heterocycles. The fourth-order valence-corrected chi connectivity index (χ4v) is 6.36. The molecule has 0 nitrogen and oxygen atoms in total. The molecule has 100 valence electrons. The number of rotatable bonds is 2. The van der Waals surface area contributed by atoms with Crippen LogP contribution in [0.1, 0.15) is 31.9 Å². The van der Waals surface area contributed by atoms with Crippen LogP contribution in [0.2, 0.25) is 4.87 Å². The monoisotopic (exact) mass is 360 g/mol. The molecule has 1 heteroatoms. The second-order valence-electron chi connectivity index (χ2n) is 6.19. The first-order chi connectivity index (χ1) is 8.88. The SMILES string of the molecule is Cc1cc[c]([Sb]([CH3])[c]2ccc(C(C)(C)C)cc2)cc1. The van der Waals surface area contributed by atoms with Crippen molar-refractivity contribution in [3.8, 4) is 0 Å². The minimum absolute atomic E-state index is 0.248. The zero-order valence-corrected chi connectivity index (χ0v) is 15.1. The third kappa shape index (κ3) is 3.63. The molecule has 0 aliphatic heterocycles. The molecule has 2 rings (SSSR count). The Hall–Kier alpha value is -0.742. The second kappa shape index (κ2) is 5.71. The Morgan fingerprint density at radius 2 is 1.16 bits per heavy atom. The Morgan fingerprint density at radius 3 is 1.58 bits per heavy atom. The summed E-state index contributed by atoms with van der Waals surface area (Å²) in [5, 5.41) is 0. The molecule has 0 amide bonds. The molecule has 19 heavy (non-hydrogen) atoms. The molecule has 0 spiro atoms. The number of hydrogen-bond donors (Lipinski definition) is 0. The van der Waals surface area contributed by atoms with Crippen LogP contribution in [0.25, 0.3) is 0 Å². The summed E-state index contributed by atoms with van der Waals surface area (Å²) >= 11 is -1.48. The van der Waals surface area contributed by atoms with E-state index in [-0.39, 0.29) is 5.41 Å². The molecule has 0 saturated heterocycles. The van der Waals surface area contributed by atoms with Crippen molar-refractivity contribution < 1.29 is 0 Å². The zero-order valence-electron chi connectivity index (χ0n) is 12.6. The van der Waals surface area contributed by atoms with Gasteiger partial charge in [0.25, 0.3) is 0 Å². The molecule has 0 aliphatic carbocycles. The third-order valence-corrected chi connectivity index (χ3v) is 9.67. The van der Waals surface area contributed by atoms with E-state index in [1.807, 2.05) is 0 Å². The molecule has 0 radical (unpaired) electrons. The van der Waals surface area contributed by atoms with Gasteiger partial charge in [-0.1, -0.05) is 0 Å². The van der Waals surface area contributed by atoms with Crippen LogP contribution in [0.15, 0.2) is 48.5 Å². The topological polar surface area (TPSA) is 0 Å². The van der Waals surface area contributed by atoms with Crippen LogP contribution < -0.4 is 7.02 Å². The molecular weight excluding hydrogens is 338 g/mol. The fraction of sp³-hybridized carbons (Fsp3) is 0.333. The maximum atomic E-state index is 2.46. The van der Waals surface area contributed by atoms with Crippen LogP contribution in [-0.4, -0.2) is 20.2 Å². The summed E-state index contributed by atoms with van der Waals surface area (Å²) in [6.45, 7) is 8.96. The molecule has 2 aromatic carbocycles. The standard InChI is InChI=1S/C10H13.C7H7.CH3.Sb/c1-10(2,3)9-7-5-4-6-8-9;1-7-5-3-2-4-6-7;;/h5-8H,1-3H3;3-6H,1H3;1H3;. The molecule has 0 atom stereocenters. The van der Waals surface area contributed by atoms with E-state index in [9.17, 15) is 0 Å². The summed E-state index contributed by atoms with van der Waals surface area (Å²) in [6, 6.07) is 18.4. The van der Waals surface area contributed by atoms with Crippen LogP contribution >= 0.6 is 0 Å². The molecular formula is C18H23Sb. The normalized spacial score (nSPS) is 11.9. The van der Waals surface area contributed by atoms with Crippen molar-refractivity contribution in [1.29, 1.82) is 0 Å². The number of aryl methyl sites for hydroxylation is 1. The van der Waals surface area contributed by atoms with Crippen molar-refractivity contribution in [2.24, 2.45) is 0 Å². The Kier molecular flexibility index (Phi) is 4.41. The van der Waals surface area contributed by atoms with Crippen molar-refractivity contribution in [2.75, 3.05) is 0 Å². The quantitative estimate of drug-likeness (QED) is 0.718. The molecule has 0 aliphatic rings. The van der Waals surface area contributed by atoms with Gasteiger partial charge in [0.15, 0.2) is 0 Å². The average molecular weight is 361 g/mol. The van der Waals surface area contributed by atoms with Crippen molar-refractivity contribution >= 4 is 27.2 Å². The predicted molar refractivity (Wildman–Crippen MR) is 87.2 cm³/mol. The molecule has 0 bridgehead atoms. The summed E-state index contributed by atoms with van der Waals surface area (Å²) in [6.07, 6.45) is 0. The van der Waals surface area contributed by atoms with Gasteiger partial charge in [0.1, 0.15) is 0 Å². The summed E-state index contributed by atoms with van der Waals surface area (Å²) in [4.78, 5) is 2.46. The van der Waals surface area contributed by atoms with Crippen molar-refractivity contribution in [1.82, 2.24) is 0 Å². The van der Waals surface area contributed by atoms with Gasteiger partial charge in [0, 0.05) is 0 Å². The van der Waals surface area contributed by atoms with E-state index in [4.69, 9.17) is 0 Å². The van der Waals surface area contributed by atoms with Gasteiger partial charge in [-0.2, -0.15) is 0 Å². The molecule has 0 fully saturated rings. The van der Waals surface area contributed by atoms with Gasteiger partial charge < -0.3 is 0 Å². The van der Waals surface area contributed by atoms with E-state index in [0.717, 1.165) is 0 Å². The van der Waals surface area contributed by atoms with Gasteiger partial charge in [0.2, 0.25) is 0 Å². The Balaban J connectivity index is 2.25. The van der Waals surface area contributed by atoms with Gasteiger partial charge in [0.05, 0.1) is 0 Å². The van der Waals surface area contributed by atoms with Gasteiger partial charge in [-0.3, -0.25) is 0 Å². The van der Waals surface area contributed by atoms with Crippen LogP contribution in [0.4, 0.5) is 0 Å². The first-order valence-corrected chi connectivity index (χ1v) is 11.9. The van der Waals surface area contributed by atoms with E-state index < -0.39 is 20.2 Å². The summed E-state index contributed by atoms with van der Waals surface area (Å²) in [7, 11) is 0. The predicted octanol–water partition coefficient (Wildman–Crippen LogP) is 3.53. The first-order valence-electron chi connectivity index (χ1n) is 6.79. The van der Waals surface area contributed by atoms with E-state index in [1.165, 1.54) is 11.1 Å². The Morgan fingerprint density at radius 1 is 0.737 bits per heavy atom. The summed E-state index contributed by atoms with van der Waals surface area (Å²) < 4.78 is 3.14. The maximum absolute atomic E-state index is 2.46. The molecule has 0 unspecified atom stereocenters. The van der Waals surface area contributed by atoms with Gasteiger partial charge >= 0.3 is 125 Å². The van der Waals surface area contributed by atoms with Crippen LogP contribution in [0.5, 0.6) is 0 Å². The van der Waals surface area contributed by atoms with Crippen LogP contribution in [0.3, 0.4) is 0 Å². The second-order valence-corrected chi connectivity index (χ2v) is 12.3. The van der Waals surface area contributed by atoms with Crippen molar-refractivity contribution in [3.05, 3.63) is 59.7 Å². The molecule has 0 heterocycles. The van der Waals surface area contributed by atoms with Crippen LogP contribution in [-0.2, 0) is 5.41 Å². The van der Waals surface area contributed by atoms with Gasteiger partial charge in [-0.25, -0.2) is 0 Å². The van der Waals surface area contributed by atoms with Crippen LogP contribution in [0, 0.1) is 6.92 Å². The van der Waals surface area contributed by atoms with E-state index in [0.29, 0.717) is 0 Å². The summed E-state index contributed by atoms with van der Waals surface area (Å²) in [5.74, 6) is 0. The number of benzene rings is 2. The average Bonchev–Trinajstić information content (AvgIpc) is 2.38. The zero-order chi connectivity index (χ0) is 14.0. The van der Waals surface area contributed by atoms with Gasteiger partial charge in [-0.05, 0) is 0 Å². The minimum atomic E-state index is -1.48. The fourth-order valence-electron chi connectivity index (χ4n) is 2.10. The van der Waals surface area contributed by atoms with Gasteiger partial charge in [-0.15, -0.1) is 0 Å².